The number of carbonyl (C=O) groups excluding carboxylic acids is 2. The van der Waals surface area contributed by atoms with Crippen LogP contribution in [0.2, 0.25) is 0 Å². The van der Waals surface area contributed by atoms with E-state index >= 15 is 0 Å². The fraction of sp³-hybridized carbons (Fsp3) is 0.538. The maximum absolute atomic E-state index is 13.4. The van der Waals surface area contributed by atoms with Gasteiger partial charge in [0.15, 0.2) is 0 Å². The lowest BCUT2D eigenvalue weighted by Crippen LogP contribution is -2.33. The minimum atomic E-state index is -3.62. The van der Waals surface area contributed by atoms with Crippen LogP contribution in [0.5, 0.6) is 0 Å². The standard InChI is InChI=1S/C26H38N4O4S2/c1-6-10-16-30(9-4)36(33,34)20-13-11-19(12-14-20)24(31)27-25-23(26(32)29(7-2)8-3)21-15-17-28(5)18-22(21)35-25/h11-14H,6-10,15-18H2,1-5H3,(H,27,31). The number of fused-ring (bicyclic) bond motifs is 1. The molecule has 0 aliphatic carbocycles. The molecule has 198 valence electrons. The molecule has 2 heterocycles. The van der Waals surface area contributed by atoms with E-state index in [1.165, 1.54) is 39.9 Å². The topological polar surface area (TPSA) is 90.0 Å². The summed E-state index contributed by atoms with van der Waals surface area (Å²) in [4.78, 5) is 31.8. The minimum Gasteiger partial charge on any atom is -0.339 e. The van der Waals surface area contributed by atoms with Gasteiger partial charge >= 0.3 is 0 Å². The molecule has 0 saturated heterocycles. The van der Waals surface area contributed by atoms with Gasteiger partial charge in [-0.3, -0.25) is 9.59 Å². The molecule has 0 bridgehead atoms. The molecule has 1 aliphatic rings. The number of unbranched alkanes of at least 4 members (excludes halogenated alkanes) is 1. The van der Waals surface area contributed by atoms with E-state index < -0.39 is 10.0 Å². The lowest BCUT2D eigenvalue weighted by Gasteiger charge is -2.24. The van der Waals surface area contributed by atoms with Crippen molar-refractivity contribution in [3.05, 3.63) is 45.8 Å². The van der Waals surface area contributed by atoms with E-state index in [2.05, 4.69) is 10.2 Å². The second-order valence-corrected chi connectivity index (χ2v) is 12.0. The smallest absolute Gasteiger partial charge is 0.257 e. The lowest BCUT2D eigenvalue weighted by molar-refractivity contribution is 0.0772. The summed E-state index contributed by atoms with van der Waals surface area (Å²) in [5, 5.41) is 3.52. The monoisotopic (exact) mass is 534 g/mol. The predicted molar refractivity (Wildman–Crippen MR) is 145 cm³/mol. The number of nitrogens with one attached hydrogen (secondary N) is 1. The fourth-order valence-corrected chi connectivity index (χ4v) is 7.20. The van der Waals surface area contributed by atoms with E-state index in [0.29, 0.717) is 42.3 Å². The van der Waals surface area contributed by atoms with Crippen LogP contribution in [-0.4, -0.2) is 74.1 Å². The van der Waals surface area contributed by atoms with Crippen LogP contribution in [0.1, 0.15) is 71.7 Å². The highest BCUT2D eigenvalue weighted by Crippen LogP contribution is 2.38. The summed E-state index contributed by atoms with van der Waals surface area (Å²) in [5.74, 6) is -0.427. The second kappa shape index (κ2) is 12.3. The predicted octanol–water partition coefficient (Wildman–Crippen LogP) is 4.28. The van der Waals surface area contributed by atoms with Gasteiger partial charge in [-0.2, -0.15) is 4.31 Å². The number of rotatable bonds is 11. The molecule has 3 rings (SSSR count). The lowest BCUT2D eigenvalue weighted by atomic mass is 10.0. The number of hydrogen-bond acceptors (Lipinski definition) is 6. The SMILES string of the molecule is CCCCN(CC)S(=O)(=O)c1ccc(C(=O)Nc2sc3c(c2C(=O)N(CC)CC)CCN(C)C3)cc1. The van der Waals surface area contributed by atoms with Gasteiger partial charge in [-0.1, -0.05) is 20.3 Å². The molecule has 1 aromatic carbocycles. The van der Waals surface area contributed by atoms with E-state index in [4.69, 9.17) is 0 Å². The van der Waals surface area contributed by atoms with Crippen LogP contribution in [0, 0.1) is 0 Å². The van der Waals surface area contributed by atoms with Crippen molar-refractivity contribution in [1.29, 1.82) is 0 Å². The molecular weight excluding hydrogens is 496 g/mol. The Bertz CT molecular complexity index is 1170. The molecule has 10 heteroatoms. The number of anilines is 1. The maximum Gasteiger partial charge on any atom is 0.257 e. The van der Waals surface area contributed by atoms with Crippen LogP contribution >= 0.6 is 11.3 Å². The van der Waals surface area contributed by atoms with Crippen LogP contribution < -0.4 is 5.32 Å². The highest BCUT2D eigenvalue weighted by Gasteiger charge is 2.30. The van der Waals surface area contributed by atoms with E-state index in [9.17, 15) is 18.0 Å². The van der Waals surface area contributed by atoms with Crippen molar-refractivity contribution in [3.8, 4) is 0 Å². The highest BCUT2D eigenvalue weighted by atomic mass is 32.2. The molecule has 1 aliphatic heterocycles. The molecule has 1 aromatic heterocycles. The second-order valence-electron chi connectivity index (χ2n) is 9.00. The summed E-state index contributed by atoms with van der Waals surface area (Å²) in [6.45, 7) is 11.4. The van der Waals surface area contributed by atoms with Gasteiger partial charge in [-0.05, 0) is 63.6 Å². The van der Waals surface area contributed by atoms with Crippen molar-refractivity contribution >= 4 is 38.2 Å². The van der Waals surface area contributed by atoms with Crippen molar-refractivity contribution in [1.82, 2.24) is 14.1 Å². The van der Waals surface area contributed by atoms with E-state index in [1.807, 2.05) is 34.7 Å². The molecule has 0 saturated carbocycles. The Morgan fingerprint density at radius 2 is 1.72 bits per heavy atom. The average molecular weight is 535 g/mol. The van der Waals surface area contributed by atoms with Gasteiger partial charge in [-0.15, -0.1) is 11.3 Å². The molecule has 0 atom stereocenters. The molecule has 36 heavy (non-hydrogen) atoms. The van der Waals surface area contributed by atoms with Crippen LogP contribution in [0.4, 0.5) is 5.00 Å². The van der Waals surface area contributed by atoms with E-state index in [-0.39, 0.29) is 16.7 Å². The van der Waals surface area contributed by atoms with Gasteiger partial charge < -0.3 is 15.1 Å². The summed E-state index contributed by atoms with van der Waals surface area (Å²) in [6, 6.07) is 6.02. The summed E-state index contributed by atoms with van der Waals surface area (Å²) in [6.07, 6.45) is 2.47. The number of thiophene rings is 1. The Morgan fingerprint density at radius 3 is 2.31 bits per heavy atom. The maximum atomic E-state index is 13.4. The molecule has 0 radical (unpaired) electrons. The molecule has 0 unspecified atom stereocenters. The van der Waals surface area contributed by atoms with Gasteiger partial charge in [0.1, 0.15) is 5.00 Å². The first-order valence-corrected chi connectivity index (χ1v) is 15.0. The number of carbonyl (C=O) groups is 2. The Balaban J connectivity index is 1.87. The summed E-state index contributed by atoms with van der Waals surface area (Å²) >= 11 is 1.45. The first kappa shape index (κ1) is 28.3. The first-order valence-electron chi connectivity index (χ1n) is 12.7. The Hall–Kier alpha value is -2.27. The molecular formula is C26H38N4O4S2. The molecule has 8 nitrogen and oxygen atoms in total. The van der Waals surface area contributed by atoms with Crippen molar-refractivity contribution in [2.45, 2.75) is 58.4 Å². The van der Waals surface area contributed by atoms with Crippen LogP contribution in [0.25, 0.3) is 0 Å². The largest absolute Gasteiger partial charge is 0.339 e. The average Bonchev–Trinajstić information content (AvgIpc) is 3.21. The number of likely N-dealkylation sites (N-methyl/N-ethyl adjacent to an activating group) is 1. The third-order valence-corrected chi connectivity index (χ3v) is 9.73. The minimum absolute atomic E-state index is 0.0643. The fourth-order valence-electron chi connectivity index (χ4n) is 4.40. The van der Waals surface area contributed by atoms with Gasteiger partial charge in [0.05, 0.1) is 10.5 Å². The molecule has 0 fully saturated rings. The first-order chi connectivity index (χ1) is 17.2. The van der Waals surface area contributed by atoms with Crippen molar-refractivity contribution in [2.75, 3.05) is 45.1 Å². The number of sulfonamides is 1. The normalized spacial score (nSPS) is 14.1. The number of benzene rings is 1. The van der Waals surface area contributed by atoms with Gasteiger partial charge in [0, 0.05) is 49.7 Å². The van der Waals surface area contributed by atoms with Gasteiger partial charge in [0.25, 0.3) is 11.8 Å². The van der Waals surface area contributed by atoms with Crippen molar-refractivity contribution in [3.63, 3.8) is 0 Å². The number of amides is 2. The Labute approximate surface area is 219 Å². The molecule has 0 spiro atoms. The van der Waals surface area contributed by atoms with Gasteiger partial charge in [0.2, 0.25) is 10.0 Å². The summed E-state index contributed by atoms with van der Waals surface area (Å²) in [5.41, 5.74) is 1.96. The van der Waals surface area contributed by atoms with Crippen molar-refractivity contribution in [2.24, 2.45) is 0 Å². The molecule has 2 amide bonds. The Morgan fingerprint density at radius 1 is 1.06 bits per heavy atom. The van der Waals surface area contributed by atoms with Gasteiger partial charge in [-0.25, -0.2) is 8.42 Å². The highest BCUT2D eigenvalue weighted by molar-refractivity contribution is 7.89. The third-order valence-electron chi connectivity index (χ3n) is 6.61. The zero-order valence-electron chi connectivity index (χ0n) is 22.0. The van der Waals surface area contributed by atoms with Crippen LogP contribution in [-0.2, 0) is 23.0 Å². The van der Waals surface area contributed by atoms with E-state index in [1.54, 1.807) is 4.90 Å². The quantitative estimate of drug-likeness (QED) is 0.465. The van der Waals surface area contributed by atoms with Crippen LogP contribution in [0.15, 0.2) is 29.2 Å². The molecule has 1 N–H and O–H groups in total. The van der Waals surface area contributed by atoms with Crippen LogP contribution in [0.3, 0.4) is 0 Å². The number of nitrogens with zero attached hydrogens (tertiary/aromatic N) is 3. The van der Waals surface area contributed by atoms with E-state index in [0.717, 1.165) is 42.8 Å². The third kappa shape index (κ3) is 5.99. The zero-order chi connectivity index (χ0) is 26.5. The van der Waals surface area contributed by atoms with Crippen molar-refractivity contribution < 1.29 is 18.0 Å². The summed E-state index contributed by atoms with van der Waals surface area (Å²) < 4.78 is 27.5. The number of hydrogen-bond donors (Lipinski definition) is 1. The zero-order valence-corrected chi connectivity index (χ0v) is 23.6. The summed E-state index contributed by atoms with van der Waals surface area (Å²) in [7, 11) is -1.57. The molecule has 2 aromatic rings. The Kier molecular flexibility index (Phi) is 9.68.